The third-order valence-corrected chi connectivity index (χ3v) is 11.0. The predicted octanol–water partition coefficient (Wildman–Crippen LogP) is 11.6. The smallest absolute Gasteiger partial charge is 0.0563 e. The molecule has 0 aliphatic rings. The van der Waals surface area contributed by atoms with Crippen molar-refractivity contribution in [3.63, 3.8) is 0 Å². The molecule has 0 fully saturated rings. The van der Waals surface area contributed by atoms with Crippen molar-refractivity contribution < 1.29 is 0 Å². The summed E-state index contributed by atoms with van der Waals surface area (Å²) in [5, 5.41) is 7.79. The summed E-state index contributed by atoms with van der Waals surface area (Å²) in [4.78, 5) is 0. The van der Waals surface area contributed by atoms with Gasteiger partial charge in [0.1, 0.15) is 0 Å². The SMILES string of the molecule is c1ccc(-n2c3cccc4c3c3c2cccc3n4-c2ccc3c(c2)c2ccccc2n3-c2ccc3sc4ccccc4c3c2)cc1. The van der Waals surface area contributed by atoms with Gasteiger partial charge in [0.2, 0.25) is 0 Å². The lowest BCUT2D eigenvalue weighted by Gasteiger charge is -2.13. The Kier molecular flexibility index (Phi) is 4.72. The van der Waals surface area contributed by atoms with E-state index in [2.05, 4.69) is 165 Å². The van der Waals surface area contributed by atoms with Gasteiger partial charge in [-0.15, -0.1) is 11.3 Å². The van der Waals surface area contributed by atoms with E-state index in [4.69, 9.17) is 0 Å². The Morgan fingerprint density at radius 2 is 0.804 bits per heavy atom. The van der Waals surface area contributed by atoms with E-state index in [-0.39, 0.29) is 0 Å². The van der Waals surface area contributed by atoms with Crippen molar-refractivity contribution in [2.75, 3.05) is 0 Å². The fraction of sp³-hybridized carbons (Fsp3) is 0. The average Bonchev–Trinajstić information content (AvgIpc) is 3.85. The first-order valence-corrected chi connectivity index (χ1v) is 16.5. The van der Waals surface area contributed by atoms with Crippen LogP contribution in [-0.2, 0) is 0 Å². The zero-order valence-electron chi connectivity index (χ0n) is 24.7. The van der Waals surface area contributed by atoms with Crippen molar-refractivity contribution in [2.24, 2.45) is 0 Å². The zero-order chi connectivity index (χ0) is 29.9. The minimum atomic E-state index is 1.18. The highest BCUT2D eigenvalue weighted by molar-refractivity contribution is 7.25. The summed E-state index contributed by atoms with van der Waals surface area (Å²) in [5.74, 6) is 0. The van der Waals surface area contributed by atoms with Crippen molar-refractivity contribution in [1.82, 2.24) is 13.7 Å². The van der Waals surface area contributed by atoms with Crippen LogP contribution in [0.25, 0.3) is 91.9 Å². The number of nitrogens with zero attached hydrogens (tertiary/aromatic N) is 3. The summed E-state index contributed by atoms with van der Waals surface area (Å²) in [6.07, 6.45) is 0. The Hall–Kier alpha value is -5.84. The quantitative estimate of drug-likeness (QED) is 0.191. The molecule has 0 radical (unpaired) electrons. The van der Waals surface area contributed by atoms with Gasteiger partial charge in [-0.3, -0.25) is 0 Å². The van der Waals surface area contributed by atoms with Crippen molar-refractivity contribution in [3.05, 3.63) is 152 Å². The summed E-state index contributed by atoms with van der Waals surface area (Å²) in [7, 11) is 0. The first-order valence-electron chi connectivity index (χ1n) is 15.7. The molecule has 214 valence electrons. The summed E-state index contributed by atoms with van der Waals surface area (Å²) in [5.41, 5.74) is 10.9. The summed E-state index contributed by atoms with van der Waals surface area (Å²) >= 11 is 1.87. The van der Waals surface area contributed by atoms with Crippen molar-refractivity contribution in [3.8, 4) is 17.1 Å². The number of hydrogen-bond donors (Lipinski definition) is 0. The molecule has 11 rings (SSSR count). The molecule has 0 unspecified atom stereocenters. The van der Waals surface area contributed by atoms with Crippen LogP contribution in [0.3, 0.4) is 0 Å². The first-order chi connectivity index (χ1) is 22.8. The highest BCUT2D eigenvalue weighted by Gasteiger charge is 2.23. The van der Waals surface area contributed by atoms with Gasteiger partial charge in [0, 0.05) is 58.8 Å². The zero-order valence-corrected chi connectivity index (χ0v) is 25.5. The Morgan fingerprint density at radius 1 is 0.304 bits per heavy atom. The Labute approximate surface area is 267 Å². The van der Waals surface area contributed by atoms with Crippen LogP contribution in [0.2, 0.25) is 0 Å². The molecule has 0 amide bonds. The predicted molar refractivity (Wildman–Crippen MR) is 196 cm³/mol. The standard InChI is InChI=1S/C42H25N3S/c1-2-10-26(11-3-1)43-35-15-8-17-37-41(35)42-36(43)16-9-18-38(42)45(37)27-20-22-34-31(24-27)29-12-4-6-14-33(29)44(34)28-21-23-40-32(25-28)30-13-5-7-19-39(30)46-40/h1-25H. The van der Waals surface area contributed by atoms with E-state index in [1.807, 2.05) is 11.3 Å². The number of benzene rings is 7. The van der Waals surface area contributed by atoms with Gasteiger partial charge in [-0.25, -0.2) is 0 Å². The maximum atomic E-state index is 2.45. The molecule has 4 heterocycles. The van der Waals surface area contributed by atoms with E-state index in [0.29, 0.717) is 0 Å². The summed E-state index contributed by atoms with van der Waals surface area (Å²) in [6.45, 7) is 0. The second kappa shape index (κ2) is 8.87. The van der Waals surface area contributed by atoms with Crippen molar-refractivity contribution in [2.45, 2.75) is 0 Å². The number of rotatable bonds is 3. The van der Waals surface area contributed by atoms with Crippen LogP contribution in [0.15, 0.2) is 152 Å². The van der Waals surface area contributed by atoms with Crippen LogP contribution >= 0.6 is 11.3 Å². The molecule has 4 heteroatoms. The van der Waals surface area contributed by atoms with Crippen LogP contribution < -0.4 is 0 Å². The van der Waals surface area contributed by atoms with E-state index < -0.39 is 0 Å². The first kappa shape index (κ1) is 24.5. The molecule has 0 N–H and O–H groups in total. The lowest BCUT2D eigenvalue weighted by Crippen LogP contribution is -1.98. The molecule has 3 nitrogen and oxygen atoms in total. The molecule has 7 aromatic carbocycles. The minimum Gasteiger partial charge on any atom is -0.309 e. The average molecular weight is 604 g/mol. The molecule has 0 atom stereocenters. The van der Waals surface area contributed by atoms with Crippen LogP contribution in [-0.4, -0.2) is 13.7 Å². The number of fused-ring (bicyclic) bond motifs is 6. The van der Waals surface area contributed by atoms with E-state index in [0.717, 1.165) is 0 Å². The van der Waals surface area contributed by atoms with Gasteiger partial charge >= 0.3 is 0 Å². The van der Waals surface area contributed by atoms with Gasteiger partial charge in [0.15, 0.2) is 0 Å². The number of aromatic nitrogens is 3. The fourth-order valence-corrected chi connectivity index (χ4v) is 9.02. The van der Waals surface area contributed by atoms with Gasteiger partial charge in [-0.1, -0.05) is 66.7 Å². The fourth-order valence-electron chi connectivity index (χ4n) is 7.94. The molecule has 0 saturated heterocycles. The molecule has 0 saturated carbocycles. The van der Waals surface area contributed by atoms with E-state index in [1.54, 1.807) is 0 Å². The second-order valence-electron chi connectivity index (χ2n) is 12.2. The number of para-hydroxylation sites is 2. The molecule has 46 heavy (non-hydrogen) atoms. The highest BCUT2D eigenvalue weighted by atomic mass is 32.1. The molecule has 11 aromatic rings. The lowest BCUT2D eigenvalue weighted by atomic mass is 10.1. The summed E-state index contributed by atoms with van der Waals surface area (Å²) < 4.78 is 9.95. The number of hydrogen-bond acceptors (Lipinski definition) is 1. The highest BCUT2D eigenvalue weighted by Crippen LogP contribution is 2.43. The van der Waals surface area contributed by atoms with Gasteiger partial charge in [-0.2, -0.15) is 0 Å². The van der Waals surface area contributed by atoms with Crippen LogP contribution in [0.4, 0.5) is 0 Å². The van der Waals surface area contributed by atoms with Crippen molar-refractivity contribution >= 4 is 86.2 Å². The van der Waals surface area contributed by atoms with Gasteiger partial charge in [-0.05, 0) is 84.9 Å². The third kappa shape index (κ3) is 3.11. The maximum absolute atomic E-state index is 2.45. The maximum Gasteiger partial charge on any atom is 0.0563 e. The van der Waals surface area contributed by atoms with Gasteiger partial charge in [0.05, 0.1) is 33.1 Å². The molecule has 0 bridgehead atoms. The van der Waals surface area contributed by atoms with Gasteiger partial charge < -0.3 is 13.7 Å². The second-order valence-corrected chi connectivity index (χ2v) is 13.3. The third-order valence-electron chi connectivity index (χ3n) is 9.80. The van der Waals surface area contributed by atoms with E-state index in [1.165, 1.54) is 91.9 Å². The monoisotopic (exact) mass is 603 g/mol. The Balaban J connectivity index is 1.18. The normalized spacial score (nSPS) is 12.3. The van der Waals surface area contributed by atoms with Crippen molar-refractivity contribution in [1.29, 1.82) is 0 Å². The molecule has 4 aromatic heterocycles. The topological polar surface area (TPSA) is 14.8 Å². The molecule has 0 aliphatic heterocycles. The molecule has 0 aliphatic carbocycles. The lowest BCUT2D eigenvalue weighted by molar-refractivity contribution is 1.15. The molecule has 0 spiro atoms. The number of thiophene rings is 1. The largest absolute Gasteiger partial charge is 0.309 e. The van der Waals surface area contributed by atoms with Gasteiger partial charge in [0.25, 0.3) is 0 Å². The Bertz CT molecular complexity index is 2900. The van der Waals surface area contributed by atoms with Crippen LogP contribution in [0.5, 0.6) is 0 Å². The Morgan fingerprint density at radius 3 is 1.54 bits per heavy atom. The minimum absolute atomic E-state index is 1.18. The van der Waals surface area contributed by atoms with Crippen LogP contribution in [0.1, 0.15) is 0 Å². The van der Waals surface area contributed by atoms with E-state index >= 15 is 0 Å². The van der Waals surface area contributed by atoms with E-state index in [9.17, 15) is 0 Å². The van der Waals surface area contributed by atoms with Crippen LogP contribution in [0, 0.1) is 0 Å². The molecular weight excluding hydrogens is 579 g/mol. The summed E-state index contributed by atoms with van der Waals surface area (Å²) in [6, 6.07) is 55.6. The molecular formula is C42H25N3S.